The topological polar surface area (TPSA) is 39.2 Å². The second-order valence-corrected chi connectivity index (χ2v) is 3.08. The number of aromatic nitrogens is 1. The number of ether oxygens (including phenoxy) is 1. The lowest BCUT2D eigenvalue weighted by Crippen LogP contribution is -2.06. The maximum atomic E-state index is 11.3. The summed E-state index contributed by atoms with van der Waals surface area (Å²) in [6, 6.07) is 1.64. The Morgan fingerprint density at radius 3 is 2.86 bits per heavy atom. The minimum Gasteiger partial charge on any atom is -0.465 e. The molecule has 0 aliphatic rings. The third-order valence-electron chi connectivity index (χ3n) is 1.78. The molecule has 0 radical (unpaired) electrons. The minimum atomic E-state index is -0.438. The highest BCUT2D eigenvalue weighted by Gasteiger charge is 2.13. The summed E-state index contributed by atoms with van der Waals surface area (Å²) < 4.78 is 4.60. The van der Waals surface area contributed by atoms with Gasteiger partial charge in [0.1, 0.15) is 5.15 Å². The fraction of sp³-hybridized carbons (Fsp3) is 0.200. The molecule has 14 heavy (non-hydrogen) atoms. The number of methoxy groups -OCH3 is 1. The fourth-order valence-corrected chi connectivity index (χ4v) is 1.18. The highest BCUT2D eigenvalue weighted by atomic mass is 35.5. The molecule has 0 fully saturated rings. The van der Waals surface area contributed by atoms with Crippen molar-refractivity contribution in [2.24, 2.45) is 0 Å². The average Bonchev–Trinajstić information content (AvgIpc) is 2.20. The van der Waals surface area contributed by atoms with Gasteiger partial charge in [0.25, 0.3) is 0 Å². The lowest BCUT2D eigenvalue weighted by atomic mass is 10.1. The smallest absolute Gasteiger partial charge is 0.340 e. The number of aryl methyl sites for hydroxylation is 1. The predicted molar refractivity (Wildman–Crippen MR) is 55.4 cm³/mol. The molecule has 1 rings (SSSR count). The average molecular weight is 212 g/mol. The highest BCUT2D eigenvalue weighted by Crippen LogP contribution is 2.18. The Morgan fingerprint density at radius 1 is 1.71 bits per heavy atom. The van der Waals surface area contributed by atoms with Crippen LogP contribution in [-0.2, 0) is 4.74 Å². The largest absolute Gasteiger partial charge is 0.465 e. The molecule has 3 nitrogen and oxygen atoms in total. The molecule has 74 valence electrons. The molecule has 0 bridgehead atoms. The van der Waals surface area contributed by atoms with Gasteiger partial charge < -0.3 is 4.74 Å². The molecule has 0 saturated heterocycles. The van der Waals surface area contributed by atoms with Crippen LogP contribution in [0.25, 0.3) is 6.08 Å². The first-order valence-corrected chi connectivity index (χ1v) is 4.35. The van der Waals surface area contributed by atoms with Gasteiger partial charge in [0, 0.05) is 0 Å². The summed E-state index contributed by atoms with van der Waals surface area (Å²) in [7, 11) is 1.32. The zero-order valence-corrected chi connectivity index (χ0v) is 8.76. The number of nitrogens with zero attached hydrogens (tertiary/aromatic N) is 1. The molecule has 1 heterocycles. The summed E-state index contributed by atoms with van der Waals surface area (Å²) in [4.78, 5) is 15.3. The molecule has 0 aliphatic heterocycles. The van der Waals surface area contributed by atoms with Crippen molar-refractivity contribution in [3.63, 3.8) is 0 Å². The molecule has 0 spiro atoms. The standard InChI is InChI=1S/C10H10ClNO2/c1-4-8-7(10(13)14-3)5-6(2)9(11)12-8/h4-5H,1H2,2-3H3. The van der Waals surface area contributed by atoms with Gasteiger partial charge in [0.05, 0.1) is 18.4 Å². The van der Waals surface area contributed by atoms with E-state index in [-0.39, 0.29) is 0 Å². The van der Waals surface area contributed by atoms with Crippen LogP contribution in [0.3, 0.4) is 0 Å². The summed E-state index contributed by atoms with van der Waals surface area (Å²) in [6.45, 7) is 5.32. The molecular weight excluding hydrogens is 202 g/mol. The SMILES string of the molecule is C=Cc1nc(Cl)c(C)cc1C(=O)OC. The number of esters is 1. The van der Waals surface area contributed by atoms with Crippen LogP contribution < -0.4 is 0 Å². The quantitative estimate of drug-likeness (QED) is 0.557. The third-order valence-corrected chi connectivity index (χ3v) is 2.16. The molecule has 0 N–H and O–H groups in total. The van der Waals surface area contributed by atoms with Crippen molar-refractivity contribution in [3.8, 4) is 0 Å². The maximum Gasteiger partial charge on any atom is 0.340 e. The Balaban J connectivity index is 3.34. The number of hydrogen-bond acceptors (Lipinski definition) is 3. The van der Waals surface area contributed by atoms with Crippen molar-refractivity contribution in [2.75, 3.05) is 7.11 Å². The molecule has 4 heteroatoms. The van der Waals surface area contributed by atoms with Crippen molar-refractivity contribution in [2.45, 2.75) is 6.92 Å². The van der Waals surface area contributed by atoms with Gasteiger partial charge in [-0.3, -0.25) is 0 Å². The Labute approximate surface area is 87.4 Å². The Kier molecular flexibility index (Phi) is 3.25. The van der Waals surface area contributed by atoms with E-state index in [1.54, 1.807) is 13.0 Å². The Bertz CT molecular complexity index is 388. The lowest BCUT2D eigenvalue weighted by molar-refractivity contribution is 0.0600. The van der Waals surface area contributed by atoms with E-state index in [0.29, 0.717) is 16.4 Å². The molecular formula is C10H10ClNO2. The maximum absolute atomic E-state index is 11.3. The second-order valence-electron chi connectivity index (χ2n) is 2.72. The number of hydrogen-bond donors (Lipinski definition) is 0. The first-order valence-electron chi connectivity index (χ1n) is 3.98. The van der Waals surface area contributed by atoms with Crippen LogP contribution >= 0.6 is 11.6 Å². The van der Waals surface area contributed by atoms with Crippen molar-refractivity contribution < 1.29 is 9.53 Å². The number of halogens is 1. The van der Waals surface area contributed by atoms with Crippen LogP contribution in [0.15, 0.2) is 12.6 Å². The van der Waals surface area contributed by atoms with Crippen LogP contribution in [0.2, 0.25) is 5.15 Å². The van der Waals surface area contributed by atoms with Gasteiger partial charge in [-0.25, -0.2) is 9.78 Å². The van der Waals surface area contributed by atoms with Crippen molar-refractivity contribution >= 4 is 23.6 Å². The first kappa shape index (κ1) is 10.7. The minimum absolute atomic E-state index is 0.368. The Hall–Kier alpha value is -1.35. The van der Waals surface area contributed by atoms with Crippen LogP contribution in [-0.4, -0.2) is 18.1 Å². The van der Waals surface area contributed by atoms with E-state index in [1.165, 1.54) is 13.2 Å². The molecule has 1 aromatic heterocycles. The van der Waals surface area contributed by atoms with Gasteiger partial charge in [-0.1, -0.05) is 18.2 Å². The number of pyridine rings is 1. The molecule has 0 aliphatic carbocycles. The van der Waals surface area contributed by atoms with Gasteiger partial charge in [0.15, 0.2) is 0 Å². The van der Waals surface area contributed by atoms with Crippen molar-refractivity contribution in [1.82, 2.24) is 4.98 Å². The lowest BCUT2D eigenvalue weighted by Gasteiger charge is -2.05. The molecule has 0 saturated carbocycles. The predicted octanol–water partition coefficient (Wildman–Crippen LogP) is 2.47. The van der Waals surface area contributed by atoms with E-state index in [1.807, 2.05) is 0 Å². The van der Waals surface area contributed by atoms with Crippen LogP contribution in [0.4, 0.5) is 0 Å². The van der Waals surface area contributed by atoms with E-state index >= 15 is 0 Å². The zero-order chi connectivity index (χ0) is 10.7. The summed E-state index contributed by atoms with van der Waals surface area (Å²) in [5, 5.41) is 0.368. The summed E-state index contributed by atoms with van der Waals surface area (Å²) >= 11 is 5.80. The monoisotopic (exact) mass is 211 g/mol. The molecule has 0 amide bonds. The summed E-state index contributed by atoms with van der Waals surface area (Å²) in [5.41, 5.74) is 1.55. The van der Waals surface area contributed by atoms with Crippen LogP contribution in [0.5, 0.6) is 0 Å². The number of rotatable bonds is 2. The van der Waals surface area contributed by atoms with Gasteiger partial charge in [0.2, 0.25) is 0 Å². The van der Waals surface area contributed by atoms with E-state index in [9.17, 15) is 4.79 Å². The summed E-state index contributed by atoms with van der Waals surface area (Å²) in [6.07, 6.45) is 1.47. The van der Waals surface area contributed by atoms with Gasteiger partial charge in [-0.15, -0.1) is 0 Å². The fourth-order valence-electron chi connectivity index (χ4n) is 1.03. The summed E-state index contributed by atoms with van der Waals surface area (Å²) in [5.74, 6) is -0.438. The van der Waals surface area contributed by atoms with Crippen molar-refractivity contribution in [1.29, 1.82) is 0 Å². The number of carbonyl (C=O) groups excluding carboxylic acids is 1. The molecule has 0 atom stereocenters. The first-order chi connectivity index (χ1) is 6.60. The van der Waals surface area contributed by atoms with Crippen LogP contribution in [0, 0.1) is 6.92 Å². The van der Waals surface area contributed by atoms with Gasteiger partial charge in [-0.2, -0.15) is 0 Å². The highest BCUT2D eigenvalue weighted by molar-refractivity contribution is 6.30. The molecule has 0 aromatic carbocycles. The normalized spacial score (nSPS) is 9.64. The zero-order valence-electron chi connectivity index (χ0n) is 8.00. The second kappa shape index (κ2) is 4.24. The van der Waals surface area contributed by atoms with E-state index < -0.39 is 5.97 Å². The van der Waals surface area contributed by atoms with E-state index in [2.05, 4.69) is 16.3 Å². The van der Waals surface area contributed by atoms with Gasteiger partial charge >= 0.3 is 5.97 Å². The Morgan fingerprint density at radius 2 is 2.36 bits per heavy atom. The molecule has 0 unspecified atom stereocenters. The number of carbonyl (C=O) groups is 1. The van der Waals surface area contributed by atoms with Gasteiger partial charge in [-0.05, 0) is 24.6 Å². The van der Waals surface area contributed by atoms with Crippen LogP contribution in [0.1, 0.15) is 21.6 Å². The van der Waals surface area contributed by atoms with E-state index in [4.69, 9.17) is 11.6 Å². The molecule has 1 aromatic rings. The third kappa shape index (κ3) is 1.93. The van der Waals surface area contributed by atoms with Crippen molar-refractivity contribution in [3.05, 3.63) is 34.6 Å². The van der Waals surface area contributed by atoms with E-state index in [0.717, 1.165) is 5.56 Å².